The molecular formula is C22H22N4O. The molecule has 0 bridgehead atoms. The Morgan fingerprint density at radius 1 is 0.963 bits per heavy atom. The van der Waals surface area contributed by atoms with Crippen LogP contribution in [-0.4, -0.2) is 43.7 Å². The molecule has 5 heteroatoms. The molecule has 5 nitrogen and oxygen atoms in total. The van der Waals surface area contributed by atoms with Gasteiger partial charge in [-0.3, -0.25) is 4.90 Å². The molecule has 27 heavy (non-hydrogen) atoms. The Bertz CT molecular complexity index is 880. The zero-order chi connectivity index (χ0) is 18.6. The van der Waals surface area contributed by atoms with Gasteiger partial charge in [-0.1, -0.05) is 6.07 Å². The van der Waals surface area contributed by atoms with Gasteiger partial charge in [0.2, 0.25) is 0 Å². The highest BCUT2D eigenvalue weighted by Crippen LogP contribution is 2.29. The molecule has 2 aliphatic rings. The minimum atomic E-state index is 0.515. The molecular weight excluding hydrogens is 336 g/mol. The number of hydrogen-bond donors (Lipinski definition) is 0. The van der Waals surface area contributed by atoms with Crippen molar-refractivity contribution >= 4 is 5.69 Å². The Hall–Kier alpha value is -3.02. The Morgan fingerprint density at radius 2 is 1.78 bits per heavy atom. The zero-order valence-corrected chi connectivity index (χ0v) is 15.2. The van der Waals surface area contributed by atoms with Crippen LogP contribution in [0.2, 0.25) is 0 Å². The minimum absolute atomic E-state index is 0.515. The van der Waals surface area contributed by atoms with E-state index in [-0.39, 0.29) is 0 Å². The molecule has 2 aliphatic heterocycles. The molecule has 0 N–H and O–H groups in total. The van der Waals surface area contributed by atoms with Crippen LogP contribution in [0.3, 0.4) is 0 Å². The fraction of sp³-hybridized carbons (Fsp3) is 0.364. The van der Waals surface area contributed by atoms with Gasteiger partial charge in [-0.15, -0.1) is 0 Å². The number of ether oxygens (including phenoxy) is 1. The van der Waals surface area contributed by atoms with Crippen LogP contribution < -0.4 is 9.64 Å². The molecule has 0 radical (unpaired) electrons. The van der Waals surface area contributed by atoms with Gasteiger partial charge in [0.05, 0.1) is 29.9 Å². The SMILES string of the molecule is N#Cc1ccc(N2CCN3CC(COc4cccc(C#N)c4)CC3C2)cc1. The Kier molecular flexibility index (Phi) is 4.96. The van der Waals surface area contributed by atoms with Crippen LogP contribution in [0.1, 0.15) is 17.5 Å². The Labute approximate surface area is 160 Å². The van der Waals surface area contributed by atoms with Crippen molar-refractivity contribution in [3.63, 3.8) is 0 Å². The van der Waals surface area contributed by atoms with E-state index in [1.165, 1.54) is 5.69 Å². The lowest BCUT2D eigenvalue weighted by Gasteiger charge is -2.38. The summed E-state index contributed by atoms with van der Waals surface area (Å²) >= 11 is 0. The molecule has 2 fully saturated rings. The van der Waals surface area contributed by atoms with E-state index in [0.717, 1.165) is 38.3 Å². The first kappa shape index (κ1) is 17.4. The van der Waals surface area contributed by atoms with Gasteiger partial charge >= 0.3 is 0 Å². The lowest BCUT2D eigenvalue weighted by atomic mass is 10.1. The summed E-state index contributed by atoms with van der Waals surface area (Å²) in [7, 11) is 0. The number of benzene rings is 2. The summed E-state index contributed by atoms with van der Waals surface area (Å²) in [6.45, 7) is 4.86. The fourth-order valence-electron chi connectivity index (χ4n) is 4.12. The number of nitrogens with zero attached hydrogens (tertiary/aromatic N) is 4. The van der Waals surface area contributed by atoms with E-state index in [1.54, 1.807) is 12.1 Å². The summed E-state index contributed by atoms with van der Waals surface area (Å²) in [5, 5.41) is 18.0. The van der Waals surface area contributed by atoms with Crippen LogP contribution in [0.15, 0.2) is 48.5 Å². The van der Waals surface area contributed by atoms with Crippen LogP contribution in [0.25, 0.3) is 0 Å². The average molecular weight is 358 g/mol. The van der Waals surface area contributed by atoms with E-state index in [4.69, 9.17) is 15.3 Å². The maximum atomic E-state index is 9.00. The van der Waals surface area contributed by atoms with Gasteiger partial charge in [-0.2, -0.15) is 10.5 Å². The first-order chi connectivity index (χ1) is 13.2. The number of hydrogen-bond acceptors (Lipinski definition) is 5. The zero-order valence-electron chi connectivity index (χ0n) is 15.2. The lowest BCUT2D eigenvalue weighted by molar-refractivity contribution is 0.217. The molecule has 2 saturated heterocycles. The highest BCUT2D eigenvalue weighted by atomic mass is 16.5. The van der Waals surface area contributed by atoms with Crippen LogP contribution >= 0.6 is 0 Å². The summed E-state index contributed by atoms with van der Waals surface area (Å²) in [5.74, 6) is 1.29. The molecule has 2 aromatic carbocycles. The molecule has 0 aliphatic carbocycles. The second-order valence-electron chi connectivity index (χ2n) is 7.31. The highest BCUT2D eigenvalue weighted by Gasteiger charge is 2.36. The molecule has 2 heterocycles. The van der Waals surface area contributed by atoms with Gasteiger partial charge in [0, 0.05) is 43.8 Å². The second kappa shape index (κ2) is 7.70. The lowest BCUT2D eigenvalue weighted by Crippen LogP contribution is -2.50. The third-order valence-electron chi connectivity index (χ3n) is 5.51. The summed E-state index contributed by atoms with van der Waals surface area (Å²) in [6, 6.07) is 20.1. The quantitative estimate of drug-likeness (QED) is 0.841. The van der Waals surface area contributed by atoms with Gasteiger partial charge in [-0.25, -0.2) is 0 Å². The third-order valence-corrected chi connectivity index (χ3v) is 5.51. The van der Waals surface area contributed by atoms with Crippen LogP contribution in [0.4, 0.5) is 5.69 Å². The van der Waals surface area contributed by atoms with E-state index in [9.17, 15) is 0 Å². The first-order valence-corrected chi connectivity index (χ1v) is 9.37. The van der Waals surface area contributed by atoms with E-state index >= 15 is 0 Å². The summed E-state index contributed by atoms with van der Waals surface area (Å²) in [5.41, 5.74) is 2.53. The largest absolute Gasteiger partial charge is 0.493 e. The van der Waals surface area contributed by atoms with E-state index in [2.05, 4.69) is 21.9 Å². The van der Waals surface area contributed by atoms with Crippen molar-refractivity contribution in [1.82, 2.24) is 4.90 Å². The summed E-state index contributed by atoms with van der Waals surface area (Å²) < 4.78 is 5.95. The van der Waals surface area contributed by atoms with E-state index in [0.29, 0.717) is 29.7 Å². The van der Waals surface area contributed by atoms with Crippen molar-refractivity contribution in [2.75, 3.05) is 37.7 Å². The maximum Gasteiger partial charge on any atom is 0.120 e. The van der Waals surface area contributed by atoms with E-state index < -0.39 is 0 Å². The highest BCUT2D eigenvalue weighted by molar-refractivity contribution is 5.50. The van der Waals surface area contributed by atoms with Gasteiger partial charge in [0.15, 0.2) is 0 Å². The van der Waals surface area contributed by atoms with Gasteiger partial charge < -0.3 is 9.64 Å². The van der Waals surface area contributed by atoms with Crippen molar-refractivity contribution in [3.05, 3.63) is 59.7 Å². The Balaban J connectivity index is 1.33. The summed E-state index contributed by atoms with van der Waals surface area (Å²) in [4.78, 5) is 4.99. The standard InChI is InChI=1S/C22H22N4O/c23-12-17-4-6-20(7-5-17)26-9-8-25-14-19(10-21(25)15-26)16-27-22-3-1-2-18(11-22)13-24/h1-7,11,19,21H,8-10,14-16H2. The van der Waals surface area contributed by atoms with Crippen LogP contribution in [-0.2, 0) is 0 Å². The number of fused-ring (bicyclic) bond motifs is 1. The number of rotatable bonds is 4. The van der Waals surface area contributed by atoms with Crippen molar-refractivity contribution in [1.29, 1.82) is 10.5 Å². The average Bonchev–Trinajstić information content (AvgIpc) is 3.14. The molecule has 2 atom stereocenters. The molecule has 136 valence electrons. The molecule has 0 amide bonds. The summed E-state index contributed by atoms with van der Waals surface area (Å²) in [6.07, 6.45) is 1.13. The number of anilines is 1. The van der Waals surface area contributed by atoms with Gasteiger partial charge in [-0.05, 0) is 48.9 Å². The number of nitriles is 2. The molecule has 0 saturated carbocycles. The number of piperazine rings is 1. The topological polar surface area (TPSA) is 63.3 Å². The molecule has 2 unspecified atom stereocenters. The molecule has 2 aromatic rings. The normalized spacial score (nSPS) is 21.9. The van der Waals surface area contributed by atoms with E-state index in [1.807, 2.05) is 36.4 Å². The predicted molar refractivity (Wildman–Crippen MR) is 103 cm³/mol. The minimum Gasteiger partial charge on any atom is -0.493 e. The van der Waals surface area contributed by atoms with Crippen molar-refractivity contribution in [3.8, 4) is 17.9 Å². The first-order valence-electron chi connectivity index (χ1n) is 9.37. The Morgan fingerprint density at radius 3 is 2.56 bits per heavy atom. The van der Waals surface area contributed by atoms with Crippen molar-refractivity contribution in [2.24, 2.45) is 5.92 Å². The molecule has 4 rings (SSSR count). The van der Waals surface area contributed by atoms with Gasteiger partial charge in [0.1, 0.15) is 5.75 Å². The van der Waals surface area contributed by atoms with Crippen molar-refractivity contribution < 1.29 is 4.74 Å². The molecule has 0 aromatic heterocycles. The predicted octanol–water partition coefficient (Wildman–Crippen LogP) is 3.02. The van der Waals surface area contributed by atoms with Gasteiger partial charge in [0.25, 0.3) is 0 Å². The van der Waals surface area contributed by atoms with Crippen LogP contribution in [0, 0.1) is 28.6 Å². The molecule has 0 spiro atoms. The smallest absolute Gasteiger partial charge is 0.120 e. The second-order valence-corrected chi connectivity index (χ2v) is 7.31. The third kappa shape index (κ3) is 3.89. The maximum absolute atomic E-state index is 9.00. The monoisotopic (exact) mass is 358 g/mol. The van der Waals surface area contributed by atoms with Crippen LogP contribution in [0.5, 0.6) is 5.75 Å². The fourth-order valence-corrected chi connectivity index (χ4v) is 4.12. The van der Waals surface area contributed by atoms with Crippen molar-refractivity contribution in [2.45, 2.75) is 12.5 Å².